The number of hydrogen-bond acceptors (Lipinski definition) is 4. The number of rotatable bonds is 8. The van der Waals surface area contributed by atoms with Crippen LogP contribution in [-0.4, -0.2) is 32.0 Å². The molecule has 0 saturated carbocycles. The largest absolute Gasteiger partial charge is 0.389 e. The summed E-state index contributed by atoms with van der Waals surface area (Å²) < 4.78 is 1.90. The van der Waals surface area contributed by atoms with Crippen molar-refractivity contribution in [3.8, 4) is 0 Å². The fraction of sp³-hybridized carbons (Fsp3) is 0.833. The molecule has 1 heterocycles. The number of nitrogens with one attached hydrogen (secondary N) is 1. The average Bonchev–Trinajstić information content (AvgIpc) is 2.66. The van der Waals surface area contributed by atoms with Crippen molar-refractivity contribution in [2.75, 3.05) is 6.54 Å². The number of aliphatic hydroxyl groups is 1. The molecule has 1 rings (SSSR count). The Balaban J connectivity index is 2.37. The van der Waals surface area contributed by atoms with Crippen molar-refractivity contribution in [3.63, 3.8) is 0 Å². The Morgan fingerprint density at radius 1 is 1.41 bits per heavy atom. The summed E-state index contributed by atoms with van der Waals surface area (Å²) >= 11 is 0. The number of nitrogens with zero attached hydrogens (tertiary/aromatic N) is 3. The minimum absolute atomic E-state index is 0.583. The van der Waals surface area contributed by atoms with Gasteiger partial charge in [-0.15, -0.1) is 0 Å². The van der Waals surface area contributed by atoms with E-state index in [0.717, 1.165) is 31.6 Å². The van der Waals surface area contributed by atoms with Gasteiger partial charge in [-0.05, 0) is 19.8 Å². The van der Waals surface area contributed by atoms with Crippen molar-refractivity contribution in [2.24, 2.45) is 0 Å². The normalized spacial score (nSPS) is 14.8. The van der Waals surface area contributed by atoms with Gasteiger partial charge in [-0.2, -0.15) is 5.10 Å². The molecule has 0 saturated heterocycles. The summed E-state index contributed by atoms with van der Waals surface area (Å²) in [7, 11) is 0. The molecule has 1 unspecified atom stereocenters. The molecular weight excluding hydrogens is 216 g/mol. The molecular formula is C12H24N4O. The van der Waals surface area contributed by atoms with Gasteiger partial charge < -0.3 is 10.4 Å². The van der Waals surface area contributed by atoms with Crippen molar-refractivity contribution in [1.82, 2.24) is 20.1 Å². The van der Waals surface area contributed by atoms with Crippen molar-refractivity contribution >= 4 is 0 Å². The van der Waals surface area contributed by atoms with Gasteiger partial charge in [0.2, 0.25) is 0 Å². The van der Waals surface area contributed by atoms with E-state index >= 15 is 0 Å². The quantitative estimate of drug-likeness (QED) is 0.719. The van der Waals surface area contributed by atoms with Crippen LogP contribution in [0.3, 0.4) is 0 Å². The molecule has 17 heavy (non-hydrogen) atoms. The first-order valence-corrected chi connectivity index (χ1v) is 6.39. The third kappa shape index (κ3) is 4.83. The highest BCUT2D eigenvalue weighted by Crippen LogP contribution is 2.10. The molecule has 0 aromatic carbocycles. The maximum atomic E-state index is 10.0. The second-order valence-electron chi connectivity index (χ2n) is 4.75. The van der Waals surface area contributed by atoms with Gasteiger partial charge in [0.05, 0.1) is 12.1 Å². The Kier molecular flexibility index (Phi) is 5.58. The maximum absolute atomic E-state index is 10.0. The molecule has 98 valence electrons. The van der Waals surface area contributed by atoms with E-state index in [1.54, 1.807) is 6.33 Å². The summed E-state index contributed by atoms with van der Waals surface area (Å²) in [6.45, 7) is 8.18. The maximum Gasteiger partial charge on any atom is 0.140 e. The lowest BCUT2D eigenvalue weighted by Crippen LogP contribution is -2.37. The van der Waals surface area contributed by atoms with E-state index in [-0.39, 0.29) is 0 Å². The Bertz CT molecular complexity index is 322. The summed E-state index contributed by atoms with van der Waals surface area (Å²) in [5.41, 5.74) is -0.635. The van der Waals surface area contributed by atoms with Crippen molar-refractivity contribution < 1.29 is 5.11 Å². The topological polar surface area (TPSA) is 63.0 Å². The summed E-state index contributed by atoms with van der Waals surface area (Å²) in [6.07, 6.45) is 4.42. The van der Waals surface area contributed by atoms with E-state index in [1.165, 1.54) is 0 Å². The lowest BCUT2D eigenvalue weighted by molar-refractivity contribution is 0.0495. The Hall–Kier alpha value is -0.940. The predicted octanol–water partition coefficient (Wildman–Crippen LogP) is 1.33. The molecule has 0 amide bonds. The van der Waals surface area contributed by atoms with Crippen LogP contribution in [0.4, 0.5) is 0 Å². The van der Waals surface area contributed by atoms with Gasteiger partial charge >= 0.3 is 0 Å². The van der Waals surface area contributed by atoms with E-state index in [9.17, 15) is 5.11 Å². The Labute approximate surface area is 103 Å². The van der Waals surface area contributed by atoms with E-state index in [2.05, 4.69) is 29.2 Å². The highest BCUT2D eigenvalue weighted by atomic mass is 16.3. The van der Waals surface area contributed by atoms with Crippen LogP contribution in [0.15, 0.2) is 6.33 Å². The van der Waals surface area contributed by atoms with Crippen LogP contribution in [0.5, 0.6) is 0 Å². The molecule has 2 N–H and O–H groups in total. The monoisotopic (exact) mass is 240 g/mol. The third-order valence-corrected chi connectivity index (χ3v) is 2.71. The molecule has 5 heteroatoms. The highest BCUT2D eigenvalue weighted by molar-refractivity contribution is 4.85. The smallest absolute Gasteiger partial charge is 0.140 e. The van der Waals surface area contributed by atoms with Crippen LogP contribution >= 0.6 is 0 Å². The minimum Gasteiger partial charge on any atom is -0.389 e. The van der Waals surface area contributed by atoms with Crippen LogP contribution in [-0.2, 0) is 13.1 Å². The summed E-state index contributed by atoms with van der Waals surface area (Å²) in [4.78, 5) is 4.21. The molecule has 0 aliphatic heterocycles. The lowest BCUT2D eigenvalue weighted by atomic mass is 10.0. The molecule has 0 spiro atoms. The van der Waals surface area contributed by atoms with Crippen molar-refractivity contribution in [2.45, 2.75) is 58.7 Å². The first-order chi connectivity index (χ1) is 8.09. The number of hydrogen-bond donors (Lipinski definition) is 2. The zero-order valence-electron chi connectivity index (χ0n) is 11.1. The van der Waals surface area contributed by atoms with Crippen LogP contribution in [0.2, 0.25) is 0 Å². The van der Waals surface area contributed by atoms with Gasteiger partial charge in [-0.1, -0.05) is 20.3 Å². The average molecular weight is 240 g/mol. The molecule has 0 bridgehead atoms. The van der Waals surface area contributed by atoms with E-state index in [4.69, 9.17) is 0 Å². The van der Waals surface area contributed by atoms with E-state index < -0.39 is 5.60 Å². The van der Waals surface area contributed by atoms with Gasteiger partial charge in [0, 0.05) is 13.1 Å². The standard InChI is InChI=1S/C12H24N4O/c1-4-6-12(3,17)9-13-8-11-14-10-15-16(11)7-5-2/h10,13,17H,4-9H2,1-3H3. The lowest BCUT2D eigenvalue weighted by Gasteiger charge is -2.22. The molecule has 1 aromatic heterocycles. The van der Waals surface area contributed by atoms with Gasteiger partial charge in [0.25, 0.3) is 0 Å². The fourth-order valence-electron chi connectivity index (χ4n) is 1.89. The Morgan fingerprint density at radius 3 is 2.82 bits per heavy atom. The van der Waals surface area contributed by atoms with Crippen molar-refractivity contribution in [3.05, 3.63) is 12.2 Å². The number of aryl methyl sites for hydroxylation is 1. The van der Waals surface area contributed by atoms with E-state index in [1.807, 2.05) is 11.6 Å². The van der Waals surface area contributed by atoms with Crippen LogP contribution in [0.25, 0.3) is 0 Å². The predicted molar refractivity (Wildman–Crippen MR) is 67.6 cm³/mol. The minimum atomic E-state index is -0.635. The SMILES string of the molecule is CCCn1ncnc1CNCC(C)(O)CCC. The molecule has 0 aliphatic carbocycles. The molecule has 0 fully saturated rings. The first-order valence-electron chi connectivity index (χ1n) is 6.39. The highest BCUT2D eigenvalue weighted by Gasteiger charge is 2.18. The summed E-state index contributed by atoms with van der Waals surface area (Å²) in [5, 5.41) is 17.4. The van der Waals surface area contributed by atoms with Gasteiger partial charge in [-0.3, -0.25) is 0 Å². The molecule has 0 aliphatic rings. The van der Waals surface area contributed by atoms with Gasteiger partial charge in [0.15, 0.2) is 0 Å². The van der Waals surface area contributed by atoms with Crippen LogP contribution < -0.4 is 5.32 Å². The summed E-state index contributed by atoms with van der Waals surface area (Å²) in [5.74, 6) is 0.930. The van der Waals surface area contributed by atoms with Crippen LogP contribution in [0, 0.1) is 0 Å². The second kappa shape index (κ2) is 6.71. The summed E-state index contributed by atoms with van der Waals surface area (Å²) in [6, 6.07) is 0. The van der Waals surface area contributed by atoms with Gasteiger partial charge in [0.1, 0.15) is 12.2 Å². The van der Waals surface area contributed by atoms with Crippen LogP contribution in [0.1, 0.15) is 45.9 Å². The molecule has 5 nitrogen and oxygen atoms in total. The fourth-order valence-corrected chi connectivity index (χ4v) is 1.89. The van der Waals surface area contributed by atoms with Gasteiger partial charge in [-0.25, -0.2) is 9.67 Å². The third-order valence-electron chi connectivity index (χ3n) is 2.71. The second-order valence-corrected chi connectivity index (χ2v) is 4.75. The molecule has 1 atom stereocenters. The van der Waals surface area contributed by atoms with Crippen molar-refractivity contribution in [1.29, 1.82) is 0 Å². The Morgan fingerprint density at radius 2 is 2.18 bits per heavy atom. The zero-order valence-corrected chi connectivity index (χ0v) is 11.1. The number of aromatic nitrogens is 3. The zero-order chi connectivity index (χ0) is 12.7. The molecule has 0 radical (unpaired) electrons. The van der Waals surface area contributed by atoms with E-state index in [0.29, 0.717) is 13.1 Å². The first kappa shape index (κ1) is 14.1. The molecule has 1 aromatic rings.